The molecule has 4 fully saturated rings. The van der Waals surface area contributed by atoms with E-state index < -0.39 is 77.9 Å². The van der Waals surface area contributed by atoms with Gasteiger partial charge in [-0.15, -0.1) is 0 Å². The van der Waals surface area contributed by atoms with Gasteiger partial charge in [-0.2, -0.15) is 0 Å². The molecule has 1 aliphatic carbocycles. The summed E-state index contributed by atoms with van der Waals surface area (Å²) < 4.78 is 35.9. The molecule has 3 N–H and O–H groups in total. The Hall–Kier alpha value is -3.34. The molecule has 0 aromatic rings. The van der Waals surface area contributed by atoms with Crippen LogP contribution in [0.1, 0.15) is 132 Å². The van der Waals surface area contributed by atoms with Crippen molar-refractivity contribution in [2.45, 2.75) is 186 Å². The van der Waals surface area contributed by atoms with Crippen LogP contribution in [0.25, 0.3) is 0 Å². The van der Waals surface area contributed by atoms with Crippen LogP contribution in [-0.2, 0) is 47.6 Å². The zero-order valence-electron chi connectivity index (χ0n) is 43.7. The van der Waals surface area contributed by atoms with Crippen molar-refractivity contribution in [1.29, 1.82) is 0 Å². The summed E-state index contributed by atoms with van der Waals surface area (Å²) in [6.07, 6.45) is 13.8. The van der Waals surface area contributed by atoms with Gasteiger partial charge in [0.15, 0.2) is 0 Å². The van der Waals surface area contributed by atoms with E-state index in [0.717, 1.165) is 30.4 Å². The van der Waals surface area contributed by atoms with Crippen molar-refractivity contribution in [3.63, 3.8) is 0 Å². The monoisotopic (exact) mass is 982 g/mol. The maximum Gasteiger partial charge on any atom is 0.329 e. The fourth-order valence-corrected chi connectivity index (χ4v) is 11.0. The Bertz CT molecular complexity index is 1890. The number of amides is 1. The number of aliphatic hydroxyl groups is 3. The standard InChI is InChI=1S/C56H87NO13/c1-34-16-12-11-13-17-35(2)48(68-25-23-43-32-67-33-43)30-44-21-19-40(7)56(64,70-44)53(61)54(62)57-24-15-14-18-45(57)55(63)69-49(38(5)28-42-20-22-46(58)50(29-42)65-9)31-47(59)37(4)27-39(6)51(60)52(66-10)41(8)36(3)26-34/h11-13,16-17,27,34,36-38,40,42-46,48-52,58,60,64H,8,14-15,18-26,28-33H2,1-7,9-10H3/b13-11+,16-12+,35-17+,39-27+. The van der Waals surface area contributed by atoms with E-state index in [1.807, 2.05) is 38.2 Å². The minimum atomic E-state index is -2.43. The molecule has 0 spiro atoms. The number of Topliss-reactive ketones (excluding diaryl/α,β-unsaturated/α-hetero) is 2. The number of allylic oxidation sites excluding steroid dienone is 6. The van der Waals surface area contributed by atoms with Gasteiger partial charge in [0.05, 0.1) is 37.6 Å². The highest BCUT2D eigenvalue weighted by Crippen LogP contribution is 2.38. The Morgan fingerprint density at radius 2 is 1.63 bits per heavy atom. The van der Waals surface area contributed by atoms with E-state index in [2.05, 4.69) is 26.5 Å². The van der Waals surface area contributed by atoms with Gasteiger partial charge < -0.3 is 48.6 Å². The van der Waals surface area contributed by atoms with E-state index in [1.54, 1.807) is 41.1 Å². The molecule has 14 nitrogen and oxygen atoms in total. The largest absolute Gasteiger partial charge is 0.460 e. The second kappa shape index (κ2) is 27.1. The first-order chi connectivity index (χ1) is 33.3. The topological polar surface area (TPSA) is 188 Å². The van der Waals surface area contributed by atoms with Crippen LogP contribution in [0.5, 0.6) is 0 Å². The van der Waals surface area contributed by atoms with Crippen LogP contribution < -0.4 is 0 Å². The predicted octanol–water partition coefficient (Wildman–Crippen LogP) is 7.57. The molecule has 394 valence electrons. The molecule has 1 saturated carbocycles. The molecule has 3 saturated heterocycles. The molecule has 14 heteroatoms. The summed E-state index contributed by atoms with van der Waals surface area (Å²) in [6, 6.07) is -1.12. The number of hydrogen-bond acceptors (Lipinski definition) is 13. The van der Waals surface area contributed by atoms with Gasteiger partial charge in [0.1, 0.15) is 30.1 Å². The van der Waals surface area contributed by atoms with E-state index in [0.29, 0.717) is 82.7 Å². The van der Waals surface area contributed by atoms with Crippen molar-refractivity contribution in [3.05, 3.63) is 59.8 Å². The Morgan fingerprint density at radius 3 is 2.31 bits per heavy atom. The van der Waals surface area contributed by atoms with Gasteiger partial charge in [0, 0.05) is 58.0 Å². The molecular weight excluding hydrogens is 895 g/mol. The Balaban J connectivity index is 1.47. The number of aliphatic hydroxyl groups excluding tert-OH is 2. The number of ketones is 2. The summed E-state index contributed by atoms with van der Waals surface area (Å²) in [5, 5.41) is 34.3. The number of hydrogen-bond donors (Lipinski definition) is 3. The average Bonchev–Trinajstić information content (AvgIpc) is 3.32. The first kappa shape index (κ1) is 57.6. The number of cyclic esters (lactones) is 1. The molecule has 15 unspecified atom stereocenters. The lowest BCUT2D eigenvalue weighted by atomic mass is 9.78. The summed E-state index contributed by atoms with van der Waals surface area (Å²) in [5.41, 5.74) is 2.23. The number of fused-ring (bicyclic) bond motifs is 3. The molecule has 0 aromatic carbocycles. The van der Waals surface area contributed by atoms with Gasteiger partial charge in [0.2, 0.25) is 5.79 Å². The number of piperidine rings is 1. The lowest BCUT2D eigenvalue weighted by Crippen LogP contribution is -2.61. The van der Waals surface area contributed by atoms with Crippen molar-refractivity contribution in [2.75, 3.05) is 40.6 Å². The fraction of sp³-hybridized carbons (Fsp3) is 0.750. The number of carbonyl (C=O) groups excluding carboxylic acids is 4. The lowest BCUT2D eigenvalue weighted by Gasteiger charge is -2.43. The number of ether oxygens (including phenoxy) is 6. The third-order valence-electron chi connectivity index (χ3n) is 16.0. The van der Waals surface area contributed by atoms with E-state index in [-0.39, 0.29) is 54.9 Å². The minimum absolute atomic E-state index is 0.00507. The first-order valence-corrected chi connectivity index (χ1v) is 26.3. The van der Waals surface area contributed by atoms with E-state index >= 15 is 0 Å². The predicted molar refractivity (Wildman–Crippen MR) is 267 cm³/mol. The van der Waals surface area contributed by atoms with Crippen molar-refractivity contribution in [1.82, 2.24) is 4.90 Å². The van der Waals surface area contributed by atoms with Gasteiger partial charge in [-0.3, -0.25) is 14.4 Å². The molecule has 4 heterocycles. The highest BCUT2D eigenvalue weighted by molar-refractivity contribution is 6.39. The van der Waals surface area contributed by atoms with Crippen LogP contribution in [-0.4, -0.2) is 139 Å². The van der Waals surface area contributed by atoms with Crippen molar-refractivity contribution >= 4 is 23.4 Å². The number of carbonyl (C=O) groups is 4. The molecule has 15 atom stereocenters. The average molecular weight is 982 g/mol. The minimum Gasteiger partial charge on any atom is -0.460 e. The second-order valence-electron chi connectivity index (χ2n) is 21.6. The third-order valence-corrected chi connectivity index (χ3v) is 16.0. The summed E-state index contributed by atoms with van der Waals surface area (Å²) in [7, 11) is 3.13. The van der Waals surface area contributed by atoms with Crippen molar-refractivity contribution in [3.8, 4) is 0 Å². The summed E-state index contributed by atoms with van der Waals surface area (Å²) >= 11 is 0. The van der Waals surface area contributed by atoms with Crippen LogP contribution in [0.15, 0.2) is 59.8 Å². The van der Waals surface area contributed by atoms with Crippen LogP contribution in [0, 0.1) is 41.4 Å². The smallest absolute Gasteiger partial charge is 0.329 e. The number of esters is 1. The molecule has 0 radical (unpaired) electrons. The molecule has 2 bridgehead atoms. The second-order valence-corrected chi connectivity index (χ2v) is 21.6. The molecule has 5 aliphatic rings. The highest BCUT2D eigenvalue weighted by Gasteiger charge is 2.53. The molecule has 5 rings (SSSR count). The lowest BCUT2D eigenvalue weighted by molar-refractivity contribution is -0.266. The van der Waals surface area contributed by atoms with Crippen LogP contribution in [0.4, 0.5) is 0 Å². The van der Waals surface area contributed by atoms with Gasteiger partial charge in [-0.1, -0.05) is 77.7 Å². The number of nitrogens with zero attached hydrogens (tertiary/aromatic N) is 1. The first-order valence-electron chi connectivity index (χ1n) is 26.3. The normalized spacial score (nSPS) is 39.6. The van der Waals surface area contributed by atoms with Gasteiger partial charge in [0.25, 0.3) is 11.7 Å². The Morgan fingerprint density at radius 1 is 0.886 bits per heavy atom. The molecule has 70 heavy (non-hydrogen) atoms. The molecule has 0 aromatic heterocycles. The number of rotatable bonds is 9. The van der Waals surface area contributed by atoms with E-state index in [9.17, 15) is 34.5 Å². The zero-order valence-corrected chi connectivity index (χ0v) is 43.7. The Labute approximate surface area is 418 Å². The van der Waals surface area contributed by atoms with Crippen LogP contribution in [0.3, 0.4) is 0 Å². The quantitative estimate of drug-likeness (QED) is 0.117. The van der Waals surface area contributed by atoms with Gasteiger partial charge in [-0.05, 0) is 125 Å². The van der Waals surface area contributed by atoms with Crippen molar-refractivity contribution < 1.29 is 62.9 Å². The molecule has 1 amide bonds. The highest BCUT2D eigenvalue weighted by atomic mass is 16.6. The SMILES string of the molecule is C=C1C(C)CC(C)/C=C/C=C/C=C(\C)C(OCCC2COC2)CC2CCC(C)C(O)(O2)C(=O)C(=O)N2CCCCC2C(=O)OC(C(C)CC2CCC(O)C(OC)C2)CC(=O)C(C)/C=C(\C)C(O)C1OC. The fourth-order valence-electron chi connectivity index (χ4n) is 11.0. The molecular formula is C56H87NO13. The van der Waals surface area contributed by atoms with Crippen LogP contribution in [0.2, 0.25) is 0 Å². The number of methoxy groups -OCH3 is 2. The maximum atomic E-state index is 14.5. The summed E-state index contributed by atoms with van der Waals surface area (Å²) in [6.45, 7) is 19.7. The maximum absolute atomic E-state index is 14.5. The van der Waals surface area contributed by atoms with E-state index in [4.69, 9.17) is 28.4 Å². The van der Waals surface area contributed by atoms with Crippen LogP contribution >= 0.6 is 0 Å². The van der Waals surface area contributed by atoms with Gasteiger partial charge in [-0.25, -0.2) is 4.79 Å². The molecule has 4 aliphatic heterocycles. The van der Waals surface area contributed by atoms with Gasteiger partial charge >= 0.3 is 5.97 Å². The Kier molecular flexibility index (Phi) is 22.3. The van der Waals surface area contributed by atoms with E-state index in [1.165, 1.54) is 4.90 Å². The van der Waals surface area contributed by atoms with Crippen molar-refractivity contribution in [2.24, 2.45) is 41.4 Å². The zero-order chi connectivity index (χ0) is 51.3. The third kappa shape index (κ3) is 15.3. The summed E-state index contributed by atoms with van der Waals surface area (Å²) in [5.74, 6) is -6.43. The summed E-state index contributed by atoms with van der Waals surface area (Å²) in [4.78, 5) is 58.8.